The summed E-state index contributed by atoms with van der Waals surface area (Å²) < 4.78 is 4.88. The summed E-state index contributed by atoms with van der Waals surface area (Å²) in [7, 11) is 1.65. The standard InChI is InChI=1S/C9H17NO2/c1-4-5-9(11)10-8(2)6-7-12-3/h4-5,8H,6-7H2,1-3H3,(H,10,11). The van der Waals surface area contributed by atoms with Crippen LogP contribution >= 0.6 is 0 Å². The van der Waals surface area contributed by atoms with E-state index >= 15 is 0 Å². The molecule has 0 aromatic carbocycles. The van der Waals surface area contributed by atoms with Crippen LogP contribution in [0.15, 0.2) is 12.2 Å². The smallest absolute Gasteiger partial charge is 0.243 e. The van der Waals surface area contributed by atoms with Gasteiger partial charge >= 0.3 is 0 Å². The number of allylic oxidation sites excluding steroid dienone is 1. The zero-order valence-electron chi connectivity index (χ0n) is 7.96. The van der Waals surface area contributed by atoms with Crippen molar-refractivity contribution in [2.24, 2.45) is 0 Å². The van der Waals surface area contributed by atoms with Crippen LogP contribution in [0.25, 0.3) is 0 Å². The third-order valence-corrected chi connectivity index (χ3v) is 1.46. The third-order valence-electron chi connectivity index (χ3n) is 1.46. The Morgan fingerprint density at radius 1 is 1.67 bits per heavy atom. The fourth-order valence-corrected chi connectivity index (χ4v) is 0.809. The van der Waals surface area contributed by atoms with E-state index in [1.807, 2.05) is 13.8 Å². The van der Waals surface area contributed by atoms with Crippen LogP contribution in [0.1, 0.15) is 20.3 Å². The zero-order chi connectivity index (χ0) is 9.40. The minimum absolute atomic E-state index is 0.0406. The van der Waals surface area contributed by atoms with Gasteiger partial charge in [0.2, 0.25) is 5.91 Å². The lowest BCUT2D eigenvalue weighted by Crippen LogP contribution is -2.31. The number of amides is 1. The molecule has 1 atom stereocenters. The Labute approximate surface area is 73.8 Å². The maximum absolute atomic E-state index is 11.0. The van der Waals surface area contributed by atoms with Crippen LogP contribution < -0.4 is 5.32 Å². The number of methoxy groups -OCH3 is 1. The summed E-state index contributed by atoms with van der Waals surface area (Å²) in [6, 6.07) is 0.175. The fourth-order valence-electron chi connectivity index (χ4n) is 0.809. The van der Waals surface area contributed by atoms with Crippen LogP contribution in [0.3, 0.4) is 0 Å². The number of carbonyl (C=O) groups excluding carboxylic acids is 1. The molecule has 0 radical (unpaired) electrons. The highest BCUT2D eigenvalue weighted by Crippen LogP contribution is 1.90. The van der Waals surface area contributed by atoms with Crippen molar-refractivity contribution in [1.29, 1.82) is 0 Å². The van der Waals surface area contributed by atoms with Crippen molar-refractivity contribution in [2.75, 3.05) is 13.7 Å². The van der Waals surface area contributed by atoms with Gasteiger partial charge in [0.05, 0.1) is 0 Å². The summed E-state index contributed by atoms with van der Waals surface area (Å²) in [4.78, 5) is 11.0. The van der Waals surface area contributed by atoms with E-state index in [0.29, 0.717) is 6.61 Å². The quantitative estimate of drug-likeness (QED) is 0.629. The van der Waals surface area contributed by atoms with E-state index in [4.69, 9.17) is 4.74 Å². The molecular formula is C9H17NO2. The maximum Gasteiger partial charge on any atom is 0.243 e. The highest BCUT2D eigenvalue weighted by molar-refractivity contribution is 5.87. The molecule has 0 bridgehead atoms. The van der Waals surface area contributed by atoms with Crippen molar-refractivity contribution in [1.82, 2.24) is 5.32 Å². The van der Waals surface area contributed by atoms with Gasteiger partial charge in [0, 0.05) is 19.8 Å². The van der Waals surface area contributed by atoms with Crippen molar-refractivity contribution < 1.29 is 9.53 Å². The lowest BCUT2D eigenvalue weighted by atomic mass is 10.2. The molecule has 0 spiro atoms. The molecular weight excluding hydrogens is 154 g/mol. The number of rotatable bonds is 5. The summed E-state index contributed by atoms with van der Waals surface area (Å²) in [5.74, 6) is -0.0406. The average molecular weight is 171 g/mol. The minimum Gasteiger partial charge on any atom is -0.385 e. The van der Waals surface area contributed by atoms with Crippen LogP contribution in [0, 0.1) is 0 Å². The monoisotopic (exact) mass is 171 g/mol. The van der Waals surface area contributed by atoms with E-state index in [9.17, 15) is 4.79 Å². The second-order valence-electron chi connectivity index (χ2n) is 2.69. The molecule has 3 heteroatoms. The molecule has 0 aromatic rings. The molecule has 0 aliphatic rings. The van der Waals surface area contributed by atoms with Gasteiger partial charge in [0.1, 0.15) is 0 Å². The first-order valence-electron chi connectivity index (χ1n) is 4.12. The Balaban J connectivity index is 3.53. The third kappa shape index (κ3) is 5.92. The van der Waals surface area contributed by atoms with E-state index in [1.165, 1.54) is 6.08 Å². The molecule has 70 valence electrons. The molecule has 0 fully saturated rings. The number of carbonyl (C=O) groups is 1. The van der Waals surface area contributed by atoms with E-state index in [0.717, 1.165) is 6.42 Å². The predicted octanol–water partition coefficient (Wildman–Crippen LogP) is 1.10. The van der Waals surface area contributed by atoms with E-state index in [2.05, 4.69) is 5.32 Å². The molecule has 0 aliphatic carbocycles. The molecule has 0 aliphatic heterocycles. The van der Waals surface area contributed by atoms with Gasteiger partial charge in [0.15, 0.2) is 0 Å². The minimum atomic E-state index is -0.0406. The Hall–Kier alpha value is -0.830. The average Bonchev–Trinajstić information content (AvgIpc) is 2.01. The Morgan fingerprint density at radius 3 is 2.83 bits per heavy atom. The largest absolute Gasteiger partial charge is 0.385 e. The Bertz CT molecular complexity index is 155. The highest BCUT2D eigenvalue weighted by atomic mass is 16.5. The van der Waals surface area contributed by atoms with Crippen molar-refractivity contribution in [2.45, 2.75) is 26.3 Å². The summed E-state index contributed by atoms with van der Waals surface area (Å²) in [5.41, 5.74) is 0. The molecule has 12 heavy (non-hydrogen) atoms. The summed E-state index contributed by atoms with van der Waals surface area (Å²) >= 11 is 0. The Kier molecular flexibility index (Phi) is 6.38. The van der Waals surface area contributed by atoms with Crippen molar-refractivity contribution in [3.63, 3.8) is 0 Å². The van der Waals surface area contributed by atoms with E-state index in [1.54, 1.807) is 13.2 Å². The molecule has 3 nitrogen and oxygen atoms in total. The second kappa shape index (κ2) is 6.85. The Morgan fingerprint density at radius 2 is 2.33 bits per heavy atom. The van der Waals surface area contributed by atoms with Gasteiger partial charge in [-0.3, -0.25) is 4.79 Å². The molecule has 1 amide bonds. The second-order valence-corrected chi connectivity index (χ2v) is 2.69. The number of nitrogens with one attached hydrogen (secondary N) is 1. The van der Waals surface area contributed by atoms with Gasteiger partial charge < -0.3 is 10.1 Å². The SMILES string of the molecule is CC=CC(=O)NC(C)CCOC. The van der Waals surface area contributed by atoms with Crippen LogP contribution in [-0.2, 0) is 9.53 Å². The first-order chi connectivity index (χ1) is 5.70. The molecule has 0 aromatic heterocycles. The van der Waals surface area contributed by atoms with Gasteiger partial charge in [0.25, 0.3) is 0 Å². The number of hydrogen-bond acceptors (Lipinski definition) is 2. The molecule has 0 heterocycles. The number of hydrogen-bond donors (Lipinski definition) is 1. The van der Waals surface area contributed by atoms with E-state index < -0.39 is 0 Å². The summed E-state index contributed by atoms with van der Waals surface area (Å²) in [5, 5.41) is 2.81. The first kappa shape index (κ1) is 11.2. The zero-order valence-corrected chi connectivity index (χ0v) is 7.96. The topological polar surface area (TPSA) is 38.3 Å². The molecule has 1 N–H and O–H groups in total. The lowest BCUT2D eigenvalue weighted by Gasteiger charge is -2.10. The van der Waals surface area contributed by atoms with Gasteiger partial charge in [-0.05, 0) is 26.3 Å². The van der Waals surface area contributed by atoms with Crippen LogP contribution in [0.4, 0.5) is 0 Å². The summed E-state index contributed by atoms with van der Waals surface area (Å²) in [6.07, 6.45) is 4.08. The highest BCUT2D eigenvalue weighted by Gasteiger charge is 2.02. The van der Waals surface area contributed by atoms with Gasteiger partial charge in [-0.2, -0.15) is 0 Å². The van der Waals surface area contributed by atoms with Crippen LogP contribution in [-0.4, -0.2) is 25.7 Å². The molecule has 1 unspecified atom stereocenters. The van der Waals surface area contributed by atoms with Crippen molar-refractivity contribution in [3.05, 3.63) is 12.2 Å². The lowest BCUT2D eigenvalue weighted by molar-refractivity contribution is -0.117. The predicted molar refractivity (Wildman–Crippen MR) is 48.9 cm³/mol. The normalized spacial score (nSPS) is 13.2. The number of ether oxygens (including phenoxy) is 1. The molecule has 0 saturated carbocycles. The first-order valence-corrected chi connectivity index (χ1v) is 4.12. The van der Waals surface area contributed by atoms with Crippen LogP contribution in [0.2, 0.25) is 0 Å². The van der Waals surface area contributed by atoms with Gasteiger partial charge in [-0.25, -0.2) is 0 Å². The van der Waals surface area contributed by atoms with E-state index in [-0.39, 0.29) is 11.9 Å². The summed E-state index contributed by atoms with van der Waals surface area (Å²) in [6.45, 7) is 4.46. The molecule has 0 saturated heterocycles. The van der Waals surface area contributed by atoms with Crippen molar-refractivity contribution >= 4 is 5.91 Å². The van der Waals surface area contributed by atoms with Gasteiger partial charge in [-0.1, -0.05) is 6.08 Å². The van der Waals surface area contributed by atoms with Crippen molar-refractivity contribution in [3.8, 4) is 0 Å². The maximum atomic E-state index is 11.0. The van der Waals surface area contributed by atoms with Gasteiger partial charge in [-0.15, -0.1) is 0 Å². The molecule has 0 rings (SSSR count). The van der Waals surface area contributed by atoms with Crippen LogP contribution in [0.5, 0.6) is 0 Å². The fraction of sp³-hybridized carbons (Fsp3) is 0.667.